The lowest BCUT2D eigenvalue weighted by Gasteiger charge is -2.16. The van der Waals surface area contributed by atoms with E-state index >= 15 is 0 Å². The molecule has 0 bridgehead atoms. The van der Waals surface area contributed by atoms with E-state index in [1.54, 1.807) is 24.3 Å². The van der Waals surface area contributed by atoms with Crippen LogP contribution in [0.1, 0.15) is 23.7 Å². The predicted octanol–water partition coefficient (Wildman–Crippen LogP) is 2.49. The third kappa shape index (κ3) is 5.53. The molecule has 0 spiro atoms. The minimum atomic E-state index is -0.961. The van der Waals surface area contributed by atoms with Crippen molar-refractivity contribution >= 4 is 17.7 Å². The number of para-hydroxylation sites is 1. The first-order valence-corrected chi connectivity index (χ1v) is 7.75. The first kappa shape index (κ1) is 15.9. The first-order chi connectivity index (χ1) is 9.19. The van der Waals surface area contributed by atoms with E-state index in [4.69, 9.17) is 9.84 Å². The third-order valence-corrected chi connectivity index (χ3v) is 3.51. The lowest BCUT2D eigenvalue weighted by molar-refractivity contribution is 0.0692. The molecule has 1 aromatic rings. The van der Waals surface area contributed by atoms with Crippen LogP contribution in [0.25, 0.3) is 0 Å². The number of hydrogen-bond acceptors (Lipinski definition) is 4. The van der Waals surface area contributed by atoms with Gasteiger partial charge in [0.05, 0.1) is 0 Å². The highest BCUT2D eigenvalue weighted by atomic mass is 32.2. The summed E-state index contributed by atoms with van der Waals surface area (Å²) in [5.74, 6) is 0.537. The normalized spacial score (nSPS) is 12.1. The Hall–Kier alpha value is -1.20. The second-order valence-electron chi connectivity index (χ2n) is 4.16. The standard InChI is InChI=1S/C14H21NO3S/c1-3-11(10-19-2)15-8-9-18-13-7-5-4-6-12(13)14(16)17/h4-7,11,15H,3,8-10H2,1-2H3,(H,16,17). The van der Waals surface area contributed by atoms with Crippen molar-refractivity contribution in [1.29, 1.82) is 0 Å². The van der Waals surface area contributed by atoms with E-state index in [0.29, 0.717) is 24.9 Å². The SMILES string of the molecule is CCC(CSC)NCCOc1ccccc1C(=O)O. The molecular formula is C14H21NO3S. The Kier molecular flexibility index (Phi) is 7.36. The molecule has 0 saturated carbocycles. The van der Waals surface area contributed by atoms with Crippen LogP contribution >= 0.6 is 11.8 Å². The Labute approximate surface area is 118 Å². The van der Waals surface area contributed by atoms with Crippen LogP contribution in [0.5, 0.6) is 5.75 Å². The fraction of sp³-hybridized carbons (Fsp3) is 0.500. The van der Waals surface area contributed by atoms with Gasteiger partial charge in [0.2, 0.25) is 0 Å². The molecule has 5 heteroatoms. The maximum atomic E-state index is 11.0. The number of ether oxygens (including phenoxy) is 1. The number of rotatable bonds is 9. The fourth-order valence-corrected chi connectivity index (χ4v) is 2.47. The van der Waals surface area contributed by atoms with E-state index < -0.39 is 5.97 Å². The van der Waals surface area contributed by atoms with Gasteiger partial charge in [-0.25, -0.2) is 4.79 Å². The largest absolute Gasteiger partial charge is 0.491 e. The minimum absolute atomic E-state index is 0.207. The number of nitrogens with one attached hydrogen (secondary N) is 1. The van der Waals surface area contributed by atoms with Crippen LogP contribution in [-0.4, -0.2) is 42.3 Å². The molecule has 0 saturated heterocycles. The van der Waals surface area contributed by atoms with Crippen LogP contribution in [0, 0.1) is 0 Å². The summed E-state index contributed by atoms with van der Waals surface area (Å²) in [6.07, 6.45) is 3.16. The predicted molar refractivity (Wildman–Crippen MR) is 79.4 cm³/mol. The second-order valence-corrected chi connectivity index (χ2v) is 5.08. The molecule has 0 heterocycles. The van der Waals surface area contributed by atoms with Gasteiger partial charge in [0, 0.05) is 18.3 Å². The highest BCUT2D eigenvalue weighted by Crippen LogP contribution is 2.17. The van der Waals surface area contributed by atoms with Crippen molar-refractivity contribution in [2.24, 2.45) is 0 Å². The first-order valence-electron chi connectivity index (χ1n) is 6.36. The molecular weight excluding hydrogens is 262 g/mol. The smallest absolute Gasteiger partial charge is 0.339 e. The number of carboxylic acids is 1. The summed E-state index contributed by atoms with van der Waals surface area (Å²) in [4.78, 5) is 11.0. The van der Waals surface area contributed by atoms with Crippen molar-refractivity contribution in [2.45, 2.75) is 19.4 Å². The molecule has 1 unspecified atom stereocenters. The van der Waals surface area contributed by atoms with Gasteiger partial charge in [-0.3, -0.25) is 0 Å². The monoisotopic (exact) mass is 283 g/mol. The molecule has 0 radical (unpaired) electrons. The Balaban J connectivity index is 2.39. The van der Waals surface area contributed by atoms with E-state index in [0.717, 1.165) is 12.2 Å². The van der Waals surface area contributed by atoms with Gasteiger partial charge in [-0.05, 0) is 24.8 Å². The van der Waals surface area contributed by atoms with Gasteiger partial charge in [0.15, 0.2) is 0 Å². The summed E-state index contributed by atoms with van der Waals surface area (Å²) in [7, 11) is 0. The Morgan fingerprint density at radius 2 is 2.21 bits per heavy atom. The van der Waals surface area contributed by atoms with E-state index in [-0.39, 0.29) is 5.56 Å². The molecule has 0 amide bonds. The quantitative estimate of drug-likeness (QED) is 0.682. The second kappa shape index (κ2) is 8.82. The fourth-order valence-electron chi connectivity index (χ4n) is 1.72. The highest BCUT2D eigenvalue weighted by Gasteiger charge is 2.10. The van der Waals surface area contributed by atoms with Crippen molar-refractivity contribution in [3.05, 3.63) is 29.8 Å². The van der Waals surface area contributed by atoms with Crippen LogP contribution in [0.15, 0.2) is 24.3 Å². The zero-order chi connectivity index (χ0) is 14.1. The van der Waals surface area contributed by atoms with E-state index in [9.17, 15) is 4.79 Å². The van der Waals surface area contributed by atoms with Crippen molar-refractivity contribution in [1.82, 2.24) is 5.32 Å². The average molecular weight is 283 g/mol. The molecule has 0 aliphatic heterocycles. The number of hydrogen-bond donors (Lipinski definition) is 2. The topological polar surface area (TPSA) is 58.6 Å². The lowest BCUT2D eigenvalue weighted by atomic mass is 10.2. The third-order valence-electron chi connectivity index (χ3n) is 2.77. The van der Waals surface area contributed by atoms with Gasteiger partial charge >= 0.3 is 5.97 Å². The summed E-state index contributed by atoms with van der Waals surface area (Å²) >= 11 is 1.81. The molecule has 2 N–H and O–H groups in total. The van der Waals surface area contributed by atoms with Crippen molar-refractivity contribution in [3.8, 4) is 5.75 Å². The number of carboxylic acid groups (broad SMARTS) is 1. The Morgan fingerprint density at radius 3 is 2.84 bits per heavy atom. The lowest BCUT2D eigenvalue weighted by Crippen LogP contribution is -2.34. The van der Waals surface area contributed by atoms with Crippen LogP contribution in [-0.2, 0) is 0 Å². The zero-order valence-electron chi connectivity index (χ0n) is 11.4. The molecule has 0 fully saturated rings. The van der Waals surface area contributed by atoms with Gasteiger partial charge in [-0.15, -0.1) is 0 Å². The number of carbonyl (C=O) groups is 1. The minimum Gasteiger partial charge on any atom is -0.491 e. The molecule has 1 aromatic carbocycles. The van der Waals surface area contributed by atoms with Crippen LogP contribution in [0.2, 0.25) is 0 Å². The Morgan fingerprint density at radius 1 is 1.47 bits per heavy atom. The van der Waals surface area contributed by atoms with Crippen LogP contribution in [0.3, 0.4) is 0 Å². The molecule has 4 nitrogen and oxygen atoms in total. The van der Waals surface area contributed by atoms with Gasteiger partial charge in [0.1, 0.15) is 17.9 Å². The van der Waals surface area contributed by atoms with E-state index in [2.05, 4.69) is 18.5 Å². The summed E-state index contributed by atoms with van der Waals surface area (Å²) in [6, 6.07) is 7.18. The van der Waals surface area contributed by atoms with Crippen molar-refractivity contribution < 1.29 is 14.6 Å². The Bertz CT molecular complexity index is 398. The number of benzene rings is 1. The molecule has 1 atom stereocenters. The summed E-state index contributed by atoms with van der Waals surface area (Å²) in [5, 5.41) is 12.4. The molecule has 0 aromatic heterocycles. The average Bonchev–Trinajstić information content (AvgIpc) is 2.42. The molecule has 19 heavy (non-hydrogen) atoms. The van der Waals surface area contributed by atoms with Gasteiger partial charge < -0.3 is 15.2 Å². The zero-order valence-corrected chi connectivity index (χ0v) is 12.2. The van der Waals surface area contributed by atoms with Crippen molar-refractivity contribution in [2.75, 3.05) is 25.2 Å². The molecule has 0 aliphatic rings. The van der Waals surface area contributed by atoms with Crippen LogP contribution in [0.4, 0.5) is 0 Å². The van der Waals surface area contributed by atoms with Crippen LogP contribution < -0.4 is 10.1 Å². The molecule has 1 rings (SSSR count). The maximum Gasteiger partial charge on any atom is 0.339 e. The van der Waals surface area contributed by atoms with E-state index in [1.165, 1.54) is 0 Å². The van der Waals surface area contributed by atoms with Gasteiger partial charge in [-0.2, -0.15) is 11.8 Å². The highest BCUT2D eigenvalue weighted by molar-refractivity contribution is 7.98. The summed E-state index contributed by atoms with van der Waals surface area (Å²) in [6.45, 7) is 3.33. The summed E-state index contributed by atoms with van der Waals surface area (Å²) in [5.41, 5.74) is 0.207. The maximum absolute atomic E-state index is 11.0. The van der Waals surface area contributed by atoms with Gasteiger partial charge in [0.25, 0.3) is 0 Å². The number of thioether (sulfide) groups is 1. The van der Waals surface area contributed by atoms with Gasteiger partial charge in [-0.1, -0.05) is 19.1 Å². The summed E-state index contributed by atoms with van der Waals surface area (Å²) < 4.78 is 5.52. The number of aromatic carboxylic acids is 1. The van der Waals surface area contributed by atoms with E-state index in [1.807, 2.05) is 11.8 Å². The molecule has 106 valence electrons. The molecule has 0 aliphatic carbocycles. The van der Waals surface area contributed by atoms with Crippen molar-refractivity contribution in [3.63, 3.8) is 0 Å².